The normalized spacial score (nSPS) is 10.3. The zero-order chi connectivity index (χ0) is 15.2. The number of hydrogen-bond acceptors (Lipinski definition) is 5. The van der Waals surface area contributed by atoms with E-state index in [-0.39, 0.29) is 11.9 Å². The predicted octanol–water partition coefficient (Wildman–Crippen LogP) is 2.56. The van der Waals surface area contributed by atoms with Gasteiger partial charge in [-0.2, -0.15) is 0 Å². The Bertz CT molecular complexity index is 594. The third-order valence-corrected chi connectivity index (χ3v) is 2.68. The summed E-state index contributed by atoms with van der Waals surface area (Å²) in [5.41, 5.74) is 1.09. The summed E-state index contributed by atoms with van der Waals surface area (Å²) in [5.74, 6) is 0.989. The molecule has 0 spiro atoms. The van der Waals surface area contributed by atoms with Crippen molar-refractivity contribution in [3.05, 3.63) is 42.2 Å². The SMILES string of the molecule is COc1ccc(NC(=O)c2cnc(NC(C)C)nc2)cc1. The number of carbonyl (C=O) groups excluding carboxylic acids is 1. The molecule has 110 valence electrons. The molecule has 1 amide bonds. The van der Waals surface area contributed by atoms with Gasteiger partial charge in [-0.25, -0.2) is 9.97 Å². The molecule has 21 heavy (non-hydrogen) atoms. The van der Waals surface area contributed by atoms with E-state index in [1.807, 2.05) is 13.8 Å². The summed E-state index contributed by atoms with van der Waals surface area (Å²) in [7, 11) is 1.59. The number of benzene rings is 1. The molecule has 1 aromatic heterocycles. The molecule has 2 rings (SSSR count). The fourth-order valence-corrected chi connectivity index (χ4v) is 1.66. The second kappa shape index (κ2) is 6.69. The van der Waals surface area contributed by atoms with Crippen molar-refractivity contribution in [1.82, 2.24) is 9.97 Å². The maximum atomic E-state index is 12.1. The molecule has 6 nitrogen and oxygen atoms in total. The van der Waals surface area contributed by atoms with E-state index in [4.69, 9.17) is 4.74 Å². The molecule has 2 aromatic rings. The van der Waals surface area contributed by atoms with E-state index >= 15 is 0 Å². The number of rotatable bonds is 5. The maximum absolute atomic E-state index is 12.1. The van der Waals surface area contributed by atoms with Gasteiger partial charge in [-0.3, -0.25) is 4.79 Å². The Morgan fingerprint density at radius 2 is 1.76 bits per heavy atom. The lowest BCUT2D eigenvalue weighted by atomic mass is 10.2. The molecule has 1 heterocycles. The fourth-order valence-electron chi connectivity index (χ4n) is 1.66. The van der Waals surface area contributed by atoms with Crippen molar-refractivity contribution in [2.24, 2.45) is 0 Å². The zero-order valence-electron chi connectivity index (χ0n) is 12.3. The van der Waals surface area contributed by atoms with Crippen LogP contribution in [0.3, 0.4) is 0 Å². The van der Waals surface area contributed by atoms with Crippen LogP contribution in [0.25, 0.3) is 0 Å². The highest BCUT2D eigenvalue weighted by molar-refractivity contribution is 6.03. The molecule has 6 heteroatoms. The predicted molar refractivity (Wildman–Crippen MR) is 81.7 cm³/mol. The molecule has 0 aliphatic rings. The second-order valence-corrected chi connectivity index (χ2v) is 4.78. The van der Waals surface area contributed by atoms with Crippen LogP contribution in [0.15, 0.2) is 36.7 Å². The van der Waals surface area contributed by atoms with E-state index in [0.717, 1.165) is 5.75 Å². The van der Waals surface area contributed by atoms with E-state index in [1.54, 1.807) is 31.4 Å². The highest BCUT2D eigenvalue weighted by atomic mass is 16.5. The van der Waals surface area contributed by atoms with Crippen LogP contribution in [0.1, 0.15) is 24.2 Å². The van der Waals surface area contributed by atoms with Crippen LogP contribution in [-0.4, -0.2) is 29.0 Å². The van der Waals surface area contributed by atoms with Gasteiger partial charge in [0.2, 0.25) is 5.95 Å². The van der Waals surface area contributed by atoms with Crippen molar-refractivity contribution in [1.29, 1.82) is 0 Å². The molecule has 1 aromatic carbocycles. The third-order valence-electron chi connectivity index (χ3n) is 2.68. The van der Waals surface area contributed by atoms with Gasteiger partial charge in [0, 0.05) is 24.1 Å². The monoisotopic (exact) mass is 286 g/mol. The number of nitrogens with one attached hydrogen (secondary N) is 2. The van der Waals surface area contributed by atoms with E-state index in [9.17, 15) is 4.79 Å². The molecule has 0 bridgehead atoms. The molecular weight excluding hydrogens is 268 g/mol. The van der Waals surface area contributed by atoms with E-state index < -0.39 is 0 Å². The standard InChI is InChI=1S/C15H18N4O2/c1-10(2)18-15-16-8-11(9-17-15)14(20)19-12-4-6-13(21-3)7-5-12/h4-10H,1-3H3,(H,19,20)(H,16,17,18). The van der Waals surface area contributed by atoms with Crippen LogP contribution in [0.5, 0.6) is 5.75 Å². The van der Waals surface area contributed by atoms with Gasteiger partial charge in [-0.1, -0.05) is 0 Å². The van der Waals surface area contributed by atoms with Crippen molar-refractivity contribution in [3.63, 3.8) is 0 Å². The van der Waals surface area contributed by atoms with E-state index in [0.29, 0.717) is 17.2 Å². The van der Waals surface area contributed by atoms with E-state index in [1.165, 1.54) is 12.4 Å². The molecule has 2 N–H and O–H groups in total. The first kappa shape index (κ1) is 14.8. The summed E-state index contributed by atoms with van der Waals surface area (Å²) >= 11 is 0. The molecule has 0 saturated heterocycles. The lowest BCUT2D eigenvalue weighted by molar-refractivity contribution is 0.102. The number of aromatic nitrogens is 2. The minimum absolute atomic E-state index is 0.240. The van der Waals surface area contributed by atoms with Gasteiger partial charge in [0.05, 0.1) is 12.7 Å². The minimum atomic E-state index is -0.253. The first-order chi connectivity index (χ1) is 10.1. The number of ether oxygens (including phenoxy) is 1. The first-order valence-corrected chi connectivity index (χ1v) is 6.62. The van der Waals surface area contributed by atoms with E-state index in [2.05, 4.69) is 20.6 Å². The molecule has 0 radical (unpaired) electrons. The minimum Gasteiger partial charge on any atom is -0.497 e. The van der Waals surface area contributed by atoms with Crippen molar-refractivity contribution >= 4 is 17.5 Å². The summed E-state index contributed by atoms with van der Waals surface area (Å²) in [6.45, 7) is 3.99. The molecular formula is C15H18N4O2. The van der Waals surface area contributed by atoms with Gasteiger partial charge in [0.25, 0.3) is 5.91 Å². The summed E-state index contributed by atoms with van der Waals surface area (Å²) in [4.78, 5) is 20.3. The van der Waals surface area contributed by atoms with Gasteiger partial charge in [-0.15, -0.1) is 0 Å². The number of hydrogen-bond donors (Lipinski definition) is 2. The molecule has 0 fully saturated rings. The molecule has 0 aliphatic carbocycles. The fraction of sp³-hybridized carbons (Fsp3) is 0.267. The Morgan fingerprint density at radius 3 is 2.29 bits per heavy atom. The average molecular weight is 286 g/mol. The lowest BCUT2D eigenvalue weighted by Crippen LogP contribution is -2.15. The Kier molecular flexibility index (Phi) is 4.71. The van der Waals surface area contributed by atoms with Gasteiger partial charge in [0.15, 0.2) is 0 Å². The number of amides is 1. The lowest BCUT2D eigenvalue weighted by Gasteiger charge is -2.08. The quantitative estimate of drug-likeness (QED) is 0.883. The largest absolute Gasteiger partial charge is 0.497 e. The Hall–Kier alpha value is -2.63. The summed E-state index contributed by atoms with van der Waals surface area (Å²) in [6.07, 6.45) is 2.99. The first-order valence-electron chi connectivity index (χ1n) is 6.62. The highest BCUT2D eigenvalue weighted by Gasteiger charge is 2.08. The van der Waals surface area contributed by atoms with Crippen LogP contribution in [-0.2, 0) is 0 Å². The zero-order valence-corrected chi connectivity index (χ0v) is 12.3. The highest BCUT2D eigenvalue weighted by Crippen LogP contribution is 2.15. The van der Waals surface area contributed by atoms with Crippen LogP contribution >= 0.6 is 0 Å². The summed E-state index contributed by atoms with van der Waals surface area (Å²) in [6, 6.07) is 7.34. The van der Waals surface area contributed by atoms with Crippen LogP contribution in [0, 0.1) is 0 Å². The Balaban J connectivity index is 2.02. The summed E-state index contributed by atoms with van der Waals surface area (Å²) in [5, 5.41) is 5.84. The van der Waals surface area contributed by atoms with Crippen molar-refractivity contribution in [3.8, 4) is 5.75 Å². The van der Waals surface area contributed by atoms with Gasteiger partial charge < -0.3 is 15.4 Å². The maximum Gasteiger partial charge on any atom is 0.258 e. The van der Waals surface area contributed by atoms with Gasteiger partial charge >= 0.3 is 0 Å². The number of carbonyl (C=O) groups is 1. The number of methoxy groups -OCH3 is 1. The molecule has 0 aliphatic heterocycles. The van der Waals surface area contributed by atoms with Crippen molar-refractivity contribution < 1.29 is 9.53 Å². The van der Waals surface area contributed by atoms with Crippen molar-refractivity contribution in [2.45, 2.75) is 19.9 Å². The molecule has 0 saturated carbocycles. The molecule has 0 unspecified atom stereocenters. The Labute approximate surface area is 123 Å². The Morgan fingerprint density at radius 1 is 1.14 bits per heavy atom. The van der Waals surface area contributed by atoms with Crippen LogP contribution in [0.2, 0.25) is 0 Å². The van der Waals surface area contributed by atoms with Gasteiger partial charge in [0.1, 0.15) is 5.75 Å². The average Bonchev–Trinajstić information content (AvgIpc) is 2.48. The van der Waals surface area contributed by atoms with Gasteiger partial charge in [-0.05, 0) is 38.1 Å². The number of anilines is 2. The van der Waals surface area contributed by atoms with Crippen molar-refractivity contribution in [2.75, 3.05) is 17.7 Å². The number of nitrogens with zero attached hydrogens (tertiary/aromatic N) is 2. The summed E-state index contributed by atoms with van der Waals surface area (Å²) < 4.78 is 5.06. The topological polar surface area (TPSA) is 76.1 Å². The second-order valence-electron chi connectivity index (χ2n) is 4.78. The smallest absolute Gasteiger partial charge is 0.258 e. The van der Waals surface area contributed by atoms with Crippen LogP contribution < -0.4 is 15.4 Å². The molecule has 0 atom stereocenters. The van der Waals surface area contributed by atoms with Crippen LogP contribution in [0.4, 0.5) is 11.6 Å². The third kappa shape index (κ3) is 4.17.